The lowest BCUT2D eigenvalue weighted by molar-refractivity contribution is -0.137. The highest BCUT2D eigenvalue weighted by Gasteiger charge is 2.38. The number of hydrogen-bond acceptors (Lipinski definition) is 3. The number of alkyl halides is 3. The summed E-state index contributed by atoms with van der Waals surface area (Å²) in [5, 5.41) is 0. The molecule has 4 rings (SSSR count). The Kier molecular flexibility index (Phi) is 3.96. The summed E-state index contributed by atoms with van der Waals surface area (Å²) in [5.41, 5.74) is 7.48. The van der Waals surface area contributed by atoms with Crippen molar-refractivity contribution >= 4 is 22.6 Å². The molecule has 1 amide bonds. The van der Waals surface area contributed by atoms with Gasteiger partial charge in [0.15, 0.2) is 0 Å². The topological polar surface area (TPSA) is 75.0 Å². The molecule has 140 valence electrons. The van der Waals surface area contributed by atoms with Crippen LogP contribution in [0.4, 0.5) is 18.9 Å². The molecule has 5 nitrogen and oxygen atoms in total. The highest BCUT2D eigenvalue weighted by molar-refractivity contribution is 5.99. The van der Waals surface area contributed by atoms with Crippen molar-refractivity contribution in [1.29, 1.82) is 0 Å². The number of benzene rings is 2. The number of hydrogen-bond donors (Lipinski definition) is 2. The average Bonchev–Trinajstić information content (AvgIpc) is 3.20. The Labute approximate surface area is 153 Å². The third kappa shape index (κ3) is 2.95. The van der Waals surface area contributed by atoms with Crippen LogP contribution in [0.25, 0.3) is 11.0 Å². The largest absolute Gasteiger partial charge is 0.416 e. The predicted molar refractivity (Wildman–Crippen MR) is 95.1 cm³/mol. The number of H-pyrrole nitrogens is 1. The molecule has 1 aliphatic heterocycles. The Bertz CT molecular complexity index is 1030. The molecule has 2 unspecified atom stereocenters. The number of nitrogens with zero attached hydrogens (tertiary/aromatic N) is 2. The Hall–Kier alpha value is -2.87. The molecule has 3 aromatic rings. The maximum absolute atomic E-state index is 13.0. The molecule has 8 heteroatoms. The van der Waals surface area contributed by atoms with Gasteiger partial charge in [-0.25, -0.2) is 4.98 Å². The number of halogens is 3. The molecule has 0 spiro atoms. The molecular weight excluding hydrogens is 357 g/mol. The molecule has 2 atom stereocenters. The van der Waals surface area contributed by atoms with Gasteiger partial charge in [-0.3, -0.25) is 9.69 Å². The van der Waals surface area contributed by atoms with Crippen LogP contribution in [0.1, 0.15) is 29.9 Å². The number of aromatic nitrogens is 2. The molecule has 1 aliphatic rings. The monoisotopic (exact) mass is 374 g/mol. The minimum absolute atomic E-state index is 0.263. The fraction of sp³-hybridized carbons (Fsp3) is 0.263. The van der Waals surface area contributed by atoms with Gasteiger partial charge in [-0.05, 0) is 36.8 Å². The number of anilines is 1. The molecular formula is C19H17F3N4O. The van der Waals surface area contributed by atoms with Crippen LogP contribution in [0.5, 0.6) is 0 Å². The highest BCUT2D eigenvalue weighted by atomic mass is 19.4. The van der Waals surface area contributed by atoms with Crippen LogP contribution in [0.3, 0.4) is 0 Å². The number of fused-ring (bicyclic) bond motifs is 2. The van der Waals surface area contributed by atoms with Gasteiger partial charge in [-0.1, -0.05) is 18.2 Å². The fourth-order valence-electron chi connectivity index (χ4n) is 3.46. The third-order valence-corrected chi connectivity index (χ3v) is 4.75. The standard InChI is InChI=1S/C19H17F3N4O/c1-10(23)18(27)26-15-5-3-2-4-11(15)8-16(26)17-24-13-7-6-12(19(20,21)22)9-14(13)25-17/h2-7,9-10,16H,8,23H2,1H3,(H,24,25). The lowest BCUT2D eigenvalue weighted by Gasteiger charge is -2.25. The van der Waals surface area contributed by atoms with Crippen molar-refractivity contribution in [3.8, 4) is 0 Å². The normalized spacial score (nSPS) is 18.0. The second-order valence-electron chi connectivity index (χ2n) is 6.70. The summed E-state index contributed by atoms with van der Waals surface area (Å²) in [4.78, 5) is 21.7. The summed E-state index contributed by atoms with van der Waals surface area (Å²) < 4.78 is 38.9. The second-order valence-corrected chi connectivity index (χ2v) is 6.70. The zero-order chi connectivity index (χ0) is 19.3. The highest BCUT2D eigenvalue weighted by Crippen LogP contribution is 2.40. The predicted octanol–water partition coefficient (Wildman–Crippen LogP) is 3.56. The summed E-state index contributed by atoms with van der Waals surface area (Å²) in [6, 6.07) is 9.68. The zero-order valence-electron chi connectivity index (χ0n) is 14.4. The van der Waals surface area contributed by atoms with E-state index in [0.717, 1.165) is 23.4 Å². The van der Waals surface area contributed by atoms with Gasteiger partial charge in [0.25, 0.3) is 0 Å². The molecule has 0 aliphatic carbocycles. The minimum Gasteiger partial charge on any atom is -0.340 e. The number of carbonyl (C=O) groups is 1. The summed E-state index contributed by atoms with van der Waals surface area (Å²) in [6.45, 7) is 1.61. The van der Waals surface area contributed by atoms with Crippen LogP contribution < -0.4 is 10.6 Å². The Morgan fingerprint density at radius 1 is 1.30 bits per heavy atom. The Morgan fingerprint density at radius 2 is 2.04 bits per heavy atom. The first-order valence-corrected chi connectivity index (χ1v) is 8.49. The third-order valence-electron chi connectivity index (χ3n) is 4.75. The van der Waals surface area contributed by atoms with E-state index in [9.17, 15) is 18.0 Å². The van der Waals surface area contributed by atoms with Crippen LogP contribution in [-0.2, 0) is 17.4 Å². The minimum atomic E-state index is -4.43. The van der Waals surface area contributed by atoms with E-state index in [1.807, 2.05) is 24.3 Å². The summed E-state index contributed by atoms with van der Waals surface area (Å²) in [5.74, 6) is 0.177. The van der Waals surface area contributed by atoms with Gasteiger partial charge in [-0.15, -0.1) is 0 Å². The molecule has 0 bridgehead atoms. The van der Waals surface area contributed by atoms with E-state index >= 15 is 0 Å². The number of nitrogens with one attached hydrogen (secondary N) is 1. The van der Waals surface area contributed by atoms with E-state index in [1.165, 1.54) is 6.07 Å². The van der Waals surface area contributed by atoms with Gasteiger partial charge in [0, 0.05) is 12.1 Å². The van der Waals surface area contributed by atoms with Crippen molar-refractivity contribution in [3.63, 3.8) is 0 Å². The molecule has 2 aromatic carbocycles. The first-order valence-electron chi connectivity index (χ1n) is 8.49. The first-order chi connectivity index (χ1) is 12.8. The molecule has 3 N–H and O–H groups in total. The summed E-state index contributed by atoms with van der Waals surface area (Å²) in [7, 11) is 0. The van der Waals surface area contributed by atoms with Crippen LogP contribution in [0, 0.1) is 0 Å². The van der Waals surface area contributed by atoms with Gasteiger partial charge in [0.1, 0.15) is 5.82 Å². The lowest BCUT2D eigenvalue weighted by atomic mass is 10.1. The van der Waals surface area contributed by atoms with E-state index in [-0.39, 0.29) is 11.4 Å². The van der Waals surface area contributed by atoms with E-state index in [2.05, 4.69) is 9.97 Å². The molecule has 1 aromatic heterocycles. The number of imidazole rings is 1. The van der Waals surface area contributed by atoms with E-state index in [0.29, 0.717) is 17.8 Å². The van der Waals surface area contributed by atoms with E-state index in [1.54, 1.807) is 11.8 Å². The van der Waals surface area contributed by atoms with Gasteiger partial charge in [0.2, 0.25) is 5.91 Å². The quantitative estimate of drug-likeness (QED) is 0.720. The summed E-state index contributed by atoms with van der Waals surface area (Å²) in [6.07, 6.45) is -3.92. The fourth-order valence-corrected chi connectivity index (χ4v) is 3.46. The number of nitrogens with two attached hydrogens (primary N) is 1. The molecule has 0 fully saturated rings. The summed E-state index contributed by atoms with van der Waals surface area (Å²) >= 11 is 0. The van der Waals surface area contributed by atoms with Gasteiger partial charge >= 0.3 is 6.18 Å². The smallest absolute Gasteiger partial charge is 0.340 e. The molecule has 0 radical (unpaired) electrons. The molecule has 0 saturated carbocycles. The molecule has 0 saturated heterocycles. The van der Waals surface area contributed by atoms with Crippen molar-refractivity contribution in [3.05, 3.63) is 59.4 Å². The lowest BCUT2D eigenvalue weighted by Crippen LogP contribution is -2.43. The number of amides is 1. The SMILES string of the molecule is CC(N)C(=O)N1c2ccccc2CC1c1nc2ccc(C(F)(F)F)cc2[nH]1. The van der Waals surface area contributed by atoms with Crippen molar-refractivity contribution in [2.24, 2.45) is 5.73 Å². The van der Waals surface area contributed by atoms with Crippen LogP contribution in [0.2, 0.25) is 0 Å². The van der Waals surface area contributed by atoms with E-state index in [4.69, 9.17) is 5.73 Å². The van der Waals surface area contributed by atoms with Gasteiger partial charge in [-0.2, -0.15) is 13.2 Å². The average molecular weight is 374 g/mol. The van der Waals surface area contributed by atoms with Crippen LogP contribution >= 0.6 is 0 Å². The number of carbonyl (C=O) groups excluding carboxylic acids is 1. The number of rotatable bonds is 2. The zero-order valence-corrected chi connectivity index (χ0v) is 14.4. The van der Waals surface area contributed by atoms with Crippen LogP contribution in [0.15, 0.2) is 42.5 Å². The molecule has 2 heterocycles. The van der Waals surface area contributed by atoms with Crippen molar-refractivity contribution in [2.45, 2.75) is 31.6 Å². The Balaban J connectivity index is 1.79. The van der Waals surface area contributed by atoms with E-state index < -0.39 is 23.8 Å². The first kappa shape index (κ1) is 17.5. The molecule has 27 heavy (non-hydrogen) atoms. The van der Waals surface area contributed by atoms with Crippen molar-refractivity contribution in [1.82, 2.24) is 9.97 Å². The van der Waals surface area contributed by atoms with Crippen LogP contribution in [-0.4, -0.2) is 21.9 Å². The van der Waals surface area contributed by atoms with Crippen molar-refractivity contribution in [2.75, 3.05) is 4.90 Å². The van der Waals surface area contributed by atoms with Gasteiger partial charge < -0.3 is 10.7 Å². The van der Waals surface area contributed by atoms with Gasteiger partial charge in [0.05, 0.1) is 28.7 Å². The second kappa shape index (κ2) is 6.09. The number of para-hydroxylation sites is 1. The maximum Gasteiger partial charge on any atom is 0.416 e. The Morgan fingerprint density at radius 3 is 2.74 bits per heavy atom. The maximum atomic E-state index is 13.0. The van der Waals surface area contributed by atoms with Crippen molar-refractivity contribution < 1.29 is 18.0 Å². The number of aromatic amines is 1.